The molecule has 1 fully saturated rings. The van der Waals surface area contributed by atoms with Gasteiger partial charge in [0.1, 0.15) is 0 Å². The van der Waals surface area contributed by atoms with Gasteiger partial charge >= 0.3 is 0 Å². The zero-order valence-electron chi connectivity index (χ0n) is 19.4. The van der Waals surface area contributed by atoms with Gasteiger partial charge in [0.05, 0.1) is 18.1 Å². The summed E-state index contributed by atoms with van der Waals surface area (Å²) in [6.45, 7) is 4.16. The van der Waals surface area contributed by atoms with Gasteiger partial charge in [-0.05, 0) is 35.2 Å². The van der Waals surface area contributed by atoms with Gasteiger partial charge in [-0.25, -0.2) is 8.42 Å². The van der Waals surface area contributed by atoms with Crippen molar-refractivity contribution in [3.8, 4) is 0 Å². The predicted molar refractivity (Wildman–Crippen MR) is 132 cm³/mol. The van der Waals surface area contributed by atoms with Crippen molar-refractivity contribution in [2.24, 2.45) is 0 Å². The molecular weight excluding hydrogens is 448 g/mol. The molecule has 1 heterocycles. The molecule has 0 N–H and O–H groups in total. The van der Waals surface area contributed by atoms with Crippen LogP contribution in [0.5, 0.6) is 0 Å². The molecule has 3 aromatic rings. The van der Waals surface area contributed by atoms with E-state index >= 15 is 0 Å². The molecule has 1 aliphatic heterocycles. The molecule has 0 aliphatic carbocycles. The molecule has 0 atom stereocenters. The Hall–Kier alpha value is -3.00. The summed E-state index contributed by atoms with van der Waals surface area (Å²) in [6.07, 6.45) is 0.561. The van der Waals surface area contributed by atoms with Gasteiger partial charge in [-0.2, -0.15) is 4.31 Å². The number of rotatable bonds is 8. The quantitative estimate of drug-likeness (QED) is 0.489. The Balaban J connectivity index is 1.68. The molecule has 34 heavy (non-hydrogen) atoms. The van der Waals surface area contributed by atoms with Crippen molar-refractivity contribution in [2.45, 2.75) is 31.3 Å². The van der Waals surface area contributed by atoms with Crippen LogP contribution in [0, 0.1) is 0 Å². The van der Waals surface area contributed by atoms with E-state index in [1.54, 1.807) is 23.1 Å². The van der Waals surface area contributed by atoms with Gasteiger partial charge in [0.2, 0.25) is 10.0 Å². The van der Waals surface area contributed by atoms with Crippen molar-refractivity contribution in [1.29, 1.82) is 0 Å². The number of benzene rings is 3. The molecule has 0 saturated carbocycles. The Labute approximate surface area is 201 Å². The summed E-state index contributed by atoms with van der Waals surface area (Å²) in [5, 5.41) is 0. The van der Waals surface area contributed by atoms with Crippen molar-refractivity contribution in [3.05, 3.63) is 101 Å². The summed E-state index contributed by atoms with van der Waals surface area (Å²) in [5.41, 5.74) is 3.10. The van der Waals surface area contributed by atoms with Crippen molar-refractivity contribution >= 4 is 15.9 Å². The van der Waals surface area contributed by atoms with Crippen LogP contribution in [-0.4, -0.2) is 49.8 Å². The van der Waals surface area contributed by atoms with E-state index in [9.17, 15) is 13.2 Å². The fraction of sp³-hybridized carbons (Fsp3) is 0.296. The van der Waals surface area contributed by atoms with Crippen LogP contribution in [0.2, 0.25) is 0 Å². The molecule has 1 saturated heterocycles. The van der Waals surface area contributed by atoms with Crippen LogP contribution < -0.4 is 0 Å². The Bertz CT molecular complexity index is 1170. The van der Waals surface area contributed by atoms with E-state index in [4.69, 9.17) is 4.74 Å². The summed E-state index contributed by atoms with van der Waals surface area (Å²) in [5.74, 6) is -0.200. The van der Waals surface area contributed by atoms with Gasteiger partial charge in [0.25, 0.3) is 5.91 Å². The zero-order valence-corrected chi connectivity index (χ0v) is 20.2. The van der Waals surface area contributed by atoms with Crippen molar-refractivity contribution in [2.75, 3.05) is 26.3 Å². The number of morpholine rings is 1. The molecule has 0 bridgehead atoms. The van der Waals surface area contributed by atoms with Gasteiger partial charge in [0.15, 0.2) is 0 Å². The SMILES string of the molecule is CCc1ccc(C(=O)N(Cc2ccccc2)Cc2ccccc2)cc1S(=O)(=O)N1CCOCC1. The van der Waals surface area contributed by atoms with E-state index in [1.807, 2.05) is 67.6 Å². The van der Waals surface area contributed by atoms with Crippen LogP contribution in [0.3, 0.4) is 0 Å². The maximum atomic E-state index is 13.7. The average Bonchev–Trinajstić information content (AvgIpc) is 2.89. The highest BCUT2D eigenvalue weighted by molar-refractivity contribution is 7.89. The number of amides is 1. The van der Waals surface area contributed by atoms with Crippen molar-refractivity contribution in [1.82, 2.24) is 9.21 Å². The molecule has 0 radical (unpaired) electrons. The molecule has 0 spiro atoms. The Kier molecular flexibility index (Phi) is 7.77. The van der Waals surface area contributed by atoms with E-state index in [0.717, 1.165) is 11.1 Å². The fourth-order valence-corrected chi connectivity index (χ4v) is 5.86. The average molecular weight is 479 g/mol. The second-order valence-corrected chi connectivity index (χ2v) is 10.2. The Morgan fingerprint density at radius 2 is 1.44 bits per heavy atom. The van der Waals surface area contributed by atoms with Crippen LogP contribution in [0.1, 0.15) is 34.0 Å². The van der Waals surface area contributed by atoms with Gasteiger partial charge in [-0.1, -0.05) is 73.7 Å². The molecule has 3 aromatic carbocycles. The lowest BCUT2D eigenvalue weighted by Gasteiger charge is -2.27. The Morgan fingerprint density at radius 3 is 1.97 bits per heavy atom. The highest BCUT2D eigenvalue weighted by Gasteiger charge is 2.29. The first-order valence-electron chi connectivity index (χ1n) is 11.6. The standard InChI is InChI=1S/C27H30N2O4S/c1-2-24-13-14-25(19-26(24)34(31,32)29-15-17-33-18-16-29)27(30)28(20-22-9-5-3-6-10-22)21-23-11-7-4-8-12-23/h3-14,19H,2,15-18,20-21H2,1H3. The maximum absolute atomic E-state index is 13.7. The molecule has 1 amide bonds. The number of carbonyl (C=O) groups is 1. The third-order valence-corrected chi connectivity index (χ3v) is 7.98. The largest absolute Gasteiger partial charge is 0.379 e. The molecular formula is C27H30N2O4S. The second-order valence-electron chi connectivity index (χ2n) is 8.32. The fourth-order valence-electron chi connectivity index (χ4n) is 4.14. The maximum Gasteiger partial charge on any atom is 0.254 e. The van der Waals surface area contributed by atoms with Gasteiger partial charge in [-0.15, -0.1) is 0 Å². The summed E-state index contributed by atoms with van der Waals surface area (Å²) >= 11 is 0. The molecule has 7 heteroatoms. The van der Waals surface area contributed by atoms with Crippen LogP contribution in [0.25, 0.3) is 0 Å². The number of hydrogen-bond acceptors (Lipinski definition) is 4. The molecule has 0 aromatic heterocycles. The summed E-state index contributed by atoms with van der Waals surface area (Å²) in [4.78, 5) is 15.7. The number of carbonyl (C=O) groups excluding carboxylic acids is 1. The highest BCUT2D eigenvalue weighted by atomic mass is 32.2. The van der Waals surface area contributed by atoms with Crippen LogP contribution >= 0.6 is 0 Å². The van der Waals surface area contributed by atoms with Crippen molar-refractivity contribution < 1.29 is 17.9 Å². The lowest BCUT2D eigenvalue weighted by Crippen LogP contribution is -2.41. The van der Waals surface area contributed by atoms with E-state index in [1.165, 1.54) is 4.31 Å². The number of aryl methyl sites for hydroxylation is 1. The first-order valence-corrected chi connectivity index (χ1v) is 13.0. The first kappa shape index (κ1) is 24.1. The highest BCUT2D eigenvalue weighted by Crippen LogP contribution is 2.25. The van der Waals surface area contributed by atoms with Crippen molar-refractivity contribution in [3.63, 3.8) is 0 Å². The summed E-state index contributed by atoms with van der Waals surface area (Å²) < 4.78 is 33.7. The third-order valence-electron chi connectivity index (χ3n) is 6.00. The van der Waals surface area contributed by atoms with E-state index in [2.05, 4.69) is 0 Å². The molecule has 1 aliphatic rings. The Morgan fingerprint density at radius 1 is 0.882 bits per heavy atom. The number of hydrogen-bond donors (Lipinski definition) is 0. The minimum absolute atomic E-state index is 0.200. The van der Waals surface area contributed by atoms with Crippen LogP contribution in [0.4, 0.5) is 0 Å². The predicted octanol–water partition coefficient (Wildman–Crippen LogP) is 4.11. The topological polar surface area (TPSA) is 66.9 Å². The number of nitrogens with zero attached hydrogens (tertiary/aromatic N) is 2. The lowest BCUT2D eigenvalue weighted by atomic mass is 10.1. The monoisotopic (exact) mass is 478 g/mol. The lowest BCUT2D eigenvalue weighted by molar-refractivity contribution is 0.0725. The summed E-state index contributed by atoms with van der Waals surface area (Å²) in [6, 6.07) is 24.7. The van der Waals surface area contributed by atoms with E-state index in [-0.39, 0.29) is 10.8 Å². The van der Waals surface area contributed by atoms with Crippen LogP contribution in [-0.2, 0) is 34.3 Å². The smallest absolute Gasteiger partial charge is 0.254 e. The van der Waals surface area contributed by atoms with Gasteiger partial charge < -0.3 is 9.64 Å². The summed E-state index contributed by atoms with van der Waals surface area (Å²) in [7, 11) is -3.72. The minimum Gasteiger partial charge on any atom is -0.379 e. The van der Waals surface area contributed by atoms with Crippen LogP contribution in [0.15, 0.2) is 83.8 Å². The zero-order chi connectivity index (χ0) is 24.0. The van der Waals surface area contributed by atoms with E-state index in [0.29, 0.717) is 56.9 Å². The molecule has 0 unspecified atom stereocenters. The van der Waals surface area contributed by atoms with Gasteiger partial charge in [-0.3, -0.25) is 4.79 Å². The number of ether oxygens (including phenoxy) is 1. The third kappa shape index (κ3) is 5.55. The minimum atomic E-state index is -3.72. The van der Waals surface area contributed by atoms with E-state index < -0.39 is 10.0 Å². The second kappa shape index (κ2) is 11.0. The number of sulfonamides is 1. The molecule has 6 nitrogen and oxygen atoms in total. The normalized spacial score (nSPS) is 14.6. The molecule has 178 valence electrons. The molecule has 4 rings (SSSR count). The first-order chi connectivity index (χ1) is 16.5. The van der Waals surface area contributed by atoms with Gasteiger partial charge in [0, 0.05) is 31.7 Å².